The van der Waals surface area contributed by atoms with E-state index in [1.54, 1.807) is 11.0 Å². The van der Waals surface area contributed by atoms with Crippen molar-refractivity contribution in [1.82, 2.24) is 4.72 Å². The number of hydrogen-bond donors (Lipinski definition) is 1. The summed E-state index contributed by atoms with van der Waals surface area (Å²) in [5.41, 5.74) is 1.85. The minimum atomic E-state index is -3.63. The molecule has 0 bridgehead atoms. The Morgan fingerprint density at radius 3 is 2.69 bits per heavy atom. The number of allylic oxidation sites excluding steroid dienone is 1. The zero-order valence-corrected chi connectivity index (χ0v) is 16.0. The lowest BCUT2D eigenvalue weighted by Gasteiger charge is -2.20. The highest BCUT2D eigenvalue weighted by molar-refractivity contribution is 7.89. The van der Waals surface area contributed by atoms with Crippen molar-refractivity contribution < 1.29 is 17.9 Å². The molecule has 3 rings (SSSR count). The quantitative estimate of drug-likeness (QED) is 0.740. The first kappa shape index (κ1) is 18.9. The van der Waals surface area contributed by atoms with E-state index in [1.807, 2.05) is 0 Å². The van der Waals surface area contributed by atoms with Gasteiger partial charge in [0.15, 0.2) is 0 Å². The van der Waals surface area contributed by atoms with Crippen LogP contribution in [0.5, 0.6) is 5.75 Å². The number of hydrogen-bond acceptors (Lipinski definition) is 4. The number of carbonyl (C=O) groups is 1. The zero-order valence-electron chi connectivity index (χ0n) is 15.2. The number of nitrogens with zero attached hydrogens (tertiary/aromatic N) is 1. The number of nitrogens with one attached hydrogen (secondary N) is 1. The van der Waals surface area contributed by atoms with E-state index in [0.29, 0.717) is 30.9 Å². The Morgan fingerprint density at radius 2 is 2.04 bits per heavy atom. The molecule has 1 saturated heterocycles. The third-order valence-electron chi connectivity index (χ3n) is 4.95. The van der Waals surface area contributed by atoms with Crippen molar-refractivity contribution >= 4 is 21.6 Å². The van der Waals surface area contributed by atoms with E-state index in [4.69, 9.17) is 4.74 Å². The van der Waals surface area contributed by atoms with E-state index in [1.165, 1.54) is 37.7 Å². The lowest BCUT2D eigenvalue weighted by molar-refractivity contribution is -0.117. The van der Waals surface area contributed by atoms with Gasteiger partial charge in [0.25, 0.3) is 0 Å². The molecule has 1 heterocycles. The molecule has 142 valence electrons. The summed E-state index contributed by atoms with van der Waals surface area (Å²) in [4.78, 5) is 13.8. The Bertz CT molecular complexity index is 802. The van der Waals surface area contributed by atoms with Crippen LogP contribution in [0.15, 0.2) is 34.7 Å². The number of carbonyl (C=O) groups excluding carboxylic acids is 1. The van der Waals surface area contributed by atoms with Crippen LogP contribution in [-0.2, 0) is 14.8 Å². The average molecular weight is 378 g/mol. The second-order valence-corrected chi connectivity index (χ2v) is 8.51. The highest BCUT2D eigenvalue weighted by Gasteiger charge is 2.26. The van der Waals surface area contributed by atoms with Gasteiger partial charge in [0.1, 0.15) is 5.75 Å². The number of ether oxygens (including phenoxy) is 1. The van der Waals surface area contributed by atoms with Crippen molar-refractivity contribution in [3.8, 4) is 5.75 Å². The van der Waals surface area contributed by atoms with Crippen molar-refractivity contribution in [2.24, 2.45) is 0 Å². The first-order valence-corrected chi connectivity index (χ1v) is 10.7. The van der Waals surface area contributed by atoms with Gasteiger partial charge in [-0.25, -0.2) is 13.1 Å². The Kier molecular flexibility index (Phi) is 5.98. The molecule has 1 aromatic rings. The Hall–Kier alpha value is -1.86. The van der Waals surface area contributed by atoms with Crippen LogP contribution in [0.4, 0.5) is 5.69 Å². The van der Waals surface area contributed by atoms with E-state index in [-0.39, 0.29) is 10.8 Å². The largest absolute Gasteiger partial charge is 0.495 e. The van der Waals surface area contributed by atoms with Crippen molar-refractivity contribution in [2.75, 3.05) is 25.1 Å². The normalized spacial score (nSPS) is 18.1. The van der Waals surface area contributed by atoms with Gasteiger partial charge in [-0.05, 0) is 56.7 Å². The lowest BCUT2D eigenvalue weighted by Crippen LogP contribution is -2.27. The zero-order chi connectivity index (χ0) is 18.6. The molecule has 0 spiro atoms. The van der Waals surface area contributed by atoms with Crippen LogP contribution >= 0.6 is 0 Å². The molecule has 0 unspecified atom stereocenters. The van der Waals surface area contributed by atoms with Crippen molar-refractivity contribution in [3.63, 3.8) is 0 Å². The van der Waals surface area contributed by atoms with Gasteiger partial charge in [0.2, 0.25) is 15.9 Å². The standard InChI is InChI=1S/C19H26N2O4S/c1-25-18-10-9-16(14-17(18)21-13-5-8-19(21)22)26(23,24)20-12-11-15-6-3-2-4-7-15/h6,9-10,14,20H,2-5,7-8,11-13H2,1H3. The smallest absolute Gasteiger partial charge is 0.240 e. The average Bonchev–Trinajstić information content (AvgIpc) is 3.07. The second-order valence-electron chi connectivity index (χ2n) is 6.74. The Balaban J connectivity index is 1.74. The van der Waals surface area contributed by atoms with Crippen LogP contribution < -0.4 is 14.4 Å². The molecule has 2 aliphatic rings. The highest BCUT2D eigenvalue weighted by Crippen LogP contribution is 2.33. The molecule has 1 amide bonds. The molecule has 0 aromatic heterocycles. The molecule has 0 radical (unpaired) electrons. The Labute approximate surface area is 155 Å². The minimum Gasteiger partial charge on any atom is -0.495 e. The molecule has 6 nitrogen and oxygen atoms in total. The SMILES string of the molecule is COc1ccc(S(=O)(=O)NCCC2=CCCCC2)cc1N1CCCC1=O. The third kappa shape index (κ3) is 4.27. The van der Waals surface area contributed by atoms with Crippen LogP contribution in [0.2, 0.25) is 0 Å². The number of rotatable bonds is 7. The molecule has 0 saturated carbocycles. The number of anilines is 1. The first-order valence-electron chi connectivity index (χ1n) is 9.17. The van der Waals surface area contributed by atoms with Gasteiger partial charge >= 0.3 is 0 Å². The molecular weight excluding hydrogens is 352 g/mol. The van der Waals surface area contributed by atoms with Gasteiger partial charge in [-0.1, -0.05) is 11.6 Å². The van der Waals surface area contributed by atoms with Gasteiger partial charge in [0, 0.05) is 19.5 Å². The number of benzene rings is 1. The van der Waals surface area contributed by atoms with Gasteiger partial charge in [-0.2, -0.15) is 0 Å². The van der Waals surface area contributed by atoms with Gasteiger partial charge in [-0.15, -0.1) is 0 Å². The number of methoxy groups -OCH3 is 1. The summed E-state index contributed by atoms with van der Waals surface area (Å²) in [5.74, 6) is 0.501. The number of sulfonamides is 1. The van der Waals surface area contributed by atoms with Crippen molar-refractivity contribution in [3.05, 3.63) is 29.8 Å². The molecule has 7 heteroatoms. The molecular formula is C19H26N2O4S. The highest BCUT2D eigenvalue weighted by atomic mass is 32.2. The van der Waals surface area contributed by atoms with Crippen LogP contribution in [0.3, 0.4) is 0 Å². The monoisotopic (exact) mass is 378 g/mol. The van der Waals surface area contributed by atoms with Gasteiger partial charge in [0.05, 0.1) is 17.7 Å². The maximum atomic E-state index is 12.6. The predicted octanol–water partition coefficient (Wildman–Crippen LogP) is 2.99. The molecule has 1 aromatic carbocycles. The first-order chi connectivity index (χ1) is 12.5. The van der Waals surface area contributed by atoms with E-state index < -0.39 is 10.0 Å². The molecule has 1 fully saturated rings. The fourth-order valence-electron chi connectivity index (χ4n) is 3.51. The third-order valence-corrected chi connectivity index (χ3v) is 6.41. The molecule has 1 N–H and O–H groups in total. The van der Waals surface area contributed by atoms with E-state index in [0.717, 1.165) is 25.7 Å². The summed E-state index contributed by atoms with van der Waals surface area (Å²) in [6.45, 7) is 0.971. The topological polar surface area (TPSA) is 75.7 Å². The minimum absolute atomic E-state index is 0.00459. The molecule has 26 heavy (non-hydrogen) atoms. The maximum Gasteiger partial charge on any atom is 0.240 e. The maximum absolute atomic E-state index is 12.6. The molecule has 0 atom stereocenters. The summed E-state index contributed by atoms with van der Waals surface area (Å²) < 4.78 is 33.3. The fraction of sp³-hybridized carbons (Fsp3) is 0.526. The fourth-order valence-corrected chi connectivity index (χ4v) is 4.56. The Morgan fingerprint density at radius 1 is 1.19 bits per heavy atom. The van der Waals surface area contributed by atoms with Crippen LogP contribution in [0.25, 0.3) is 0 Å². The summed E-state index contributed by atoms with van der Waals surface area (Å²) in [6, 6.07) is 4.66. The second kappa shape index (κ2) is 8.22. The van der Waals surface area contributed by atoms with Gasteiger partial charge in [-0.3, -0.25) is 4.79 Å². The molecule has 1 aliphatic carbocycles. The van der Waals surface area contributed by atoms with Gasteiger partial charge < -0.3 is 9.64 Å². The summed E-state index contributed by atoms with van der Waals surface area (Å²) in [6.07, 6.45) is 8.78. The van der Waals surface area contributed by atoms with E-state index in [2.05, 4.69) is 10.8 Å². The summed E-state index contributed by atoms with van der Waals surface area (Å²) in [7, 11) is -2.11. The van der Waals surface area contributed by atoms with Crippen LogP contribution in [0.1, 0.15) is 44.9 Å². The van der Waals surface area contributed by atoms with Crippen molar-refractivity contribution in [2.45, 2.75) is 49.8 Å². The summed E-state index contributed by atoms with van der Waals surface area (Å²) >= 11 is 0. The van der Waals surface area contributed by atoms with E-state index in [9.17, 15) is 13.2 Å². The number of amides is 1. The predicted molar refractivity (Wildman–Crippen MR) is 101 cm³/mol. The van der Waals surface area contributed by atoms with Crippen LogP contribution in [-0.4, -0.2) is 34.5 Å². The van der Waals surface area contributed by atoms with E-state index >= 15 is 0 Å². The summed E-state index contributed by atoms with van der Waals surface area (Å²) in [5, 5.41) is 0. The lowest BCUT2D eigenvalue weighted by atomic mass is 9.97. The van der Waals surface area contributed by atoms with Crippen molar-refractivity contribution in [1.29, 1.82) is 0 Å². The van der Waals surface area contributed by atoms with Crippen LogP contribution in [0, 0.1) is 0 Å². The molecule has 1 aliphatic heterocycles.